The molecule has 3 rings (SSSR count). The Hall–Kier alpha value is -2.73. The molecule has 7 heteroatoms. The van der Waals surface area contributed by atoms with E-state index >= 15 is 0 Å². The molecule has 1 aliphatic rings. The molecule has 27 heavy (non-hydrogen) atoms. The molecular formula is C20H22ClN3O3. The largest absolute Gasteiger partial charge is 0.495 e. The summed E-state index contributed by atoms with van der Waals surface area (Å²) in [7, 11) is 1.53. The maximum Gasteiger partial charge on any atom is 0.251 e. The van der Waals surface area contributed by atoms with Gasteiger partial charge in [-0.15, -0.1) is 0 Å². The van der Waals surface area contributed by atoms with Gasteiger partial charge in [-0.3, -0.25) is 9.59 Å². The van der Waals surface area contributed by atoms with Gasteiger partial charge in [0.2, 0.25) is 5.91 Å². The van der Waals surface area contributed by atoms with Crippen LogP contribution in [0.2, 0.25) is 5.02 Å². The van der Waals surface area contributed by atoms with Crippen molar-refractivity contribution < 1.29 is 14.3 Å². The molecule has 0 radical (unpaired) electrons. The normalized spacial score (nSPS) is 13.0. The molecular weight excluding hydrogens is 366 g/mol. The van der Waals surface area contributed by atoms with Crippen LogP contribution in [0.15, 0.2) is 36.4 Å². The molecule has 1 saturated carbocycles. The highest BCUT2D eigenvalue weighted by atomic mass is 35.5. The standard InChI is InChI=1S/C20H22ClN3O3/c1-12-3-4-13(20(26)23-15-6-7-15)9-16(12)22-11-19(25)24-17-10-14(21)5-8-18(17)27-2/h3-5,8-10,15,22H,6-7,11H2,1-2H3,(H,23,26)(H,24,25). The lowest BCUT2D eigenvalue weighted by Gasteiger charge is -2.13. The SMILES string of the molecule is COc1ccc(Cl)cc1NC(=O)CNc1cc(C(=O)NC2CC2)ccc1C. The molecule has 1 aliphatic carbocycles. The number of anilines is 2. The smallest absolute Gasteiger partial charge is 0.251 e. The first kappa shape index (κ1) is 19.0. The Balaban J connectivity index is 1.63. The first-order valence-electron chi connectivity index (χ1n) is 8.75. The number of amides is 2. The van der Waals surface area contributed by atoms with E-state index in [0.717, 1.165) is 24.1 Å². The molecule has 3 N–H and O–H groups in total. The number of halogens is 1. The summed E-state index contributed by atoms with van der Waals surface area (Å²) in [5, 5.41) is 9.32. The number of carbonyl (C=O) groups excluding carboxylic acids is 2. The molecule has 142 valence electrons. The Labute approximate surface area is 163 Å². The zero-order valence-electron chi connectivity index (χ0n) is 15.3. The molecule has 2 aromatic rings. The minimum Gasteiger partial charge on any atom is -0.495 e. The number of aryl methyl sites for hydroxylation is 1. The van der Waals surface area contributed by atoms with Gasteiger partial charge >= 0.3 is 0 Å². The van der Waals surface area contributed by atoms with Crippen LogP contribution in [0, 0.1) is 6.92 Å². The summed E-state index contributed by atoms with van der Waals surface area (Å²) in [4.78, 5) is 24.5. The summed E-state index contributed by atoms with van der Waals surface area (Å²) >= 11 is 5.98. The molecule has 2 amide bonds. The van der Waals surface area contributed by atoms with Gasteiger partial charge in [0.15, 0.2) is 0 Å². The minimum atomic E-state index is -0.247. The van der Waals surface area contributed by atoms with Gasteiger partial charge < -0.3 is 20.7 Å². The van der Waals surface area contributed by atoms with Crippen LogP contribution in [0.5, 0.6) is 5.75 Å². The van der Waals surface area contributed by atoms with E-state index in [2.05, 4.69) is 16.0 Å². The summed E-state index contributed by atoms with van der Waals surface area (Å²) in [6.07, 6.45) is 2.08. The van der Waals surface area contributed by atoms with Gasteiger partial charge in [0.05, 0.1) is 19.3 Å². The van der Waals surface area contributed by atoms with Crippen LogP contribution < -0.4 is 20.7 Å². The highest BCUT2D eigenvalue weighted by Gasteiger charge is 2.24. The zero-order chi connectivity index (χ0) is 19.4. The number of carbonyl (C=O) groups is 2. The average molecular weight is 388 g/mol. The van der Waals surface area contributed by atoms with E-state index in [1.54, 1.807) is 30.3 Å². The lowest BCUT2D eigenvalue weighted by molar-refractivity contribution is -0.114. The Morgan fingerprint density at radius 1 is 1.15 bits per heavy atom. The Bertz CT molecular complexity index is 866. The predicted molar refractivity (Wildman–Crippen MR) is 107 cm³/mol. The lowest BCUT2D eigenvalue weighted by atomic mass is 10.1. The highest BCUT2D eigenvalue weighted by Crippen LogP contribution is 2.27. The van der Waals surface area contributed by atoms with Crippen LogP contribution in [0.3, 0.4) is 0 Å². The molecule has 0 atom stereocenters. The number of benzene rings is 2. The van der Waals surface area contributed by atoms with Crippen molar-refractivity contribution in [3.63, 3.8) is 0 Å². The molecule has 0 aliphatic heterocycles. The van der Waals surface area contributed by atoms with E-state index in [1.165, 1.54) is 7.11 Å². The molecule has 0 saturated heterocycles. The molecule has 0 unspecified atom stereocenters. The number of hydrogen-bond donors (Lipinski definition) is 3. The second kappa shape index (κ2) is 8.31. The van der Waals surface area contributed by atoms with Gasteiger partial charge in [0, 0.05) is 22.3 Å². The third kappa shape index (κ3) is 5.14. The molecule has 1 fully saturated rings. The van der Waals surface area contributed by atoms with E-state index in [0.29, 0.717) is 28.1 Å². The fraction of sp³-hybridized carbons (Fsp3) is 0.300. The third-order valence-corrected chi connectivity index (χ3v) is 4.52. The average Bonchev–Trinajstić information content (AvgIpc) is 3.45. The maximum absolute atomic E-state index is 12.3. The predicted octanol–water partition coefficient (Wildman–Crippen LogP) is 3.60. The number of ether oxygens (including phenoxy) is 1. The number of nitrogens with one attached hydrogen (secondary N) is 3. The maximum atomic E-state index is 12.3. The summed E-state index contributed by atoms with van der Waals surface area (Å²) in [6.45, 7) is 1.97. The van der Waals surface area contributed by atoms with Crippen molar-refractivity contribution in [3.8, 4) is 5.75 Å². The van der Waals surface area contributed by atoms with E-state index in [9.17, 15) is 9.59 Å². The molecule has 2 aromatic carbocycles. The van der Waals surface area contributed by atoms with Crippen molar-refractivity contribution in [2.45, 2.75) is 25.8 Å². The minimum absolute atomic E-state index is 0.0458. The second-order valence-electron chi connectivity index (χ2n) is 6.52. The van der Waals surface area contributed by atoms with Crippen molar-refractivity contribution in [1.82, 2.24) is 5.32 Å². The quantitative estimate of drug-likeness (QED) is 0.678. The molecule has 6 nitrogen and oxygen atoms in total. The van der Waals surface area contributed by atoms with Crippen molar-refractivity contribution in [3.05, 3.63) is 52.5 Å². The van der Waals surface area contributed by atoms with E-state index in [1.807, 2.05) is 13.0 Å². The number of rotatable bonds is 7. The van der Waals surface area contributed by atoms with Crippen LogP contribution in [-0.4, -0.2) is 31.5 Å². The second-order valence-corrected chi connectivity index (χ2v) is 6.96. The molecule has 0 heterocycles. The summed E-state index contributed by atoms with van der Waals surface area (Å²) in [5.74, 6) is 0.194. The molecule has 0 aromatic heterocycles. The van der Waals surface area contributed by atoms with Crippen LogP contribution >= 0.6 is 11.6 Å². The van der Waals surface area contributed by atoms with Crippen molar-refractivity contribution >= 4 is 34.8 Å². The van der Waals surface area contributed by atoms with E-state index < -0.39 is 0 Å². The van der Waals surface area contributed by atoms with E-state index in [-0.39, 0.29) is 18.4 Å². The van der Waals surface area contributed by atoms with Gasteiger partial charge in [0.1, 0.15) is 5.75 Å². The first-order valence-corrected chi connectivity index (χ1v) is 9.13. The highest BCUT2D eigenvalue weighted by molar-refractivity contribution is 6.31. The molecule has 0 bridgehead atoms. The van der Waals surface area contributed by atoms with Crippen LogP contribution in [0.1, 0.15) is 28.8 Å². The van der Waals surface area contributed by atoms with Crippen LogP contribution in [0.4, 0.5) is 11.4 Å². The summed E-state index contributed by atoms with van der Waals surface area (Å²) in [5.41, 5.74) is 2.77. The van der Waals surface area contributed by atoms with Crippen LogP contribution in [0.25, 0.3) is 0 Å². The number of hydrogen-bond acceptors (Lipinski definition) is 4. The molecule has 0 spiro atoms. The zero-order valence-corrected chi connectivity index (χ0v) is 16.0. The fourth-order valence-electron chi connectivity index (χ4n) is 2.60. The fourth-order valence-corrected chi connectivity index (χ4v) is 2.77. The van der Waals surface area contributed by atoms with Gasteiger partial charge in [-0.25, -0.2) is 0 Å². The monoisotopic (exact) mass is 387 g/mol. The van der Waals surface area contributed by atoms with Crippen molar-refractivity contribution in [2.24, 2.45) is 0 Å². The van der Waals surface area contributed by atoms with Gasteiger partial charge in [-0.1, -0.05) is 17.7 Å². The Morgan fingerprint density at radius 2 is 1.93 bits per heavy atom. The topological polar surface area (TPSA) is 79.5 Å². The van der Waals surface area contributed by atoms with Crippen molar-refractivity contribution in [2.75, 3.05) is 24.3 Å². The lowest BCUT2D eigenvalue weighted by Crippen LogP contribution is -2.26. The van der Waals surface area contributed by atoms with Crippen molar-refractivity contribution in [1.29, 1.82) is 0 Å². The van der Waals surface area contributed by atoms with E-state index in [4.69, 9.17) is 16.3 Å². The summed E-state index contributed by atoms with van der Waals surface area (Å²) < 4.78 is 5.22. The van der Waals surface area contributed by atoms with Gasteiger partial charge in [0.25, 0.3) is 5.91 Å². The van der Waals surface area contributed by atoms with Crippen LogP contribution in [-0.2, 0) is 4.79 Å². The third-order valence-electron chi connectivity index (χ3n) is 4.29. The first-order chi connectivity index (χ1) is 13.0. The van der Waals surface area contributed by atoms with Gasteiger partial charge in [-0.2, -0.15) is 0 Å². The Kier molecular flexibility index (Phi) is 5.86. The number of methoxy groups -OCH3 is 1. The Morgan fingerprint density at radius 3 is 2.63 bits per heavy atom. The summed E-state index contributed by atoms with van der Waals surface area (Å²) in [6, 6.07) is 10.7. The van der Waals surface area contributed by atoms with Gasteiger partial charge in [-0.05, 0) is 55.7 Å².